The van der Waals surface area contributed by atoms with Gasteiger partial charge in [0, 0.05) is 18.3 Å². The minimum Gasteiger partial charge on any atom is -0.480 e. The number of nitrogens with zero attached hydrogens (tertiary/aromatic N) is 2. The second-order valence-corrected chi connectivity index (χ2v) is 7.49. The largest absolute Gasteiger partial charge is 0.480 e. The summed E-state index contributed by atoms with van der Waals surface area (Å²) in [4.78, 5) is 45.6. The summed E-state index contributed by atoms with van der Waals surface area (Å²) in [6.07, 6.45) is 2.32. The molecule has 1 heterocycles. The Labute approximate surface area is 191 Å². The van der Waals surface area contributed by atoms with Crippen LogP contribution >= 0.6 is 0 Å². The number of amides is 2. The number of aromatic nitrogens is 2. The van der Waals surface area contributed by atoms with Crippen LogP contribution in [0.1, 0.15) is 29.8 Å². The van der Waals surface area contributed by atoms with E-state index in [9.17, 15) is 19.5 Å². The topological polar surface area (TPSA) is 125 Å². The van der Waals surface area contributed by atoms with E-state index >= 15 is 0 Å². The van der Waals surface area contributed by atoms with E-state index in [1.54, 1.807) is 13.1 Å². The molecule has 0 saturated carbocycles. The Hall–Kier alpha value is -4.14. The van der Waals surface area contributed by atoms with Crippen molar-refractivity contribution in [3.63, 3.8) is 0 Å². The van der Waals surface area contributed by atoms with Crippen LogP contribution in [0.25, 0.3) is 0 Å². The third-order valence-corrected chi connectivity index (χ3v) is 5.12. The Morgan fingerprint density at radius 3 is 2.36 bits per heavy atom. The molecular formula is C24H26N4O5. The lowest BCUT2D eigenvalue weighted by molar-refractivity contribution is -0.147. The maximum absolute atomic E-state index is 13.5. The number of alkyl carbamates (subject to hydrolysis) is 1. The van der Waals surface area contributed by atoms with Crippen LogP contribution in [0, 0.1) is 0 Å². The first-order valence-corrected chi connectivity index (χ1v) is 10.5. The van der Waals surface area contributed by atoms with E-state index in [2.05, 4.69) is 15.3 Å². The highest BCUT2D eigenvalue weighted by Gasteiger charge is 2.32. The molecule has 0 saturated heterocycles. The summed E-state index contributed by atoms with van der Waals surface area (Å²) in [6, 6.07) is 16.7. The number of imidazole rings is 1. The predicted molar refractivity (Wildman–Crippen MR) is 120 cm³/mol. The van der Waals surface area contributed by atoms with Crippen molar-refractivity contribution >= 4 is 18.0 Å². The molecule has 0 spiro atoms. The second kappa shape index (κ2) is 11.5. The van der Waals surface area contributed by atoms with Gasteiger partial charge in [0.15, 0.2) is 0 Å². The molecule has 1 aromatic heterocycles. The number of carboxylic acids is 1. The molecule has 9 nitrogen and oxygen atoms in total. The molecule has 0 unspecified atom stereocenters. The van der Waals surface area contributed by atoms with Crippen LogP contribution in [-0.4, -0.2) is 50.5 Å². The van der Waals surface area contributed by atoms with Crippen LogP contribution in [0.2, 0.25) is 0 Å². The highest BCUT2D eigenvalue weighted by atomic mass is 16.5. The third-order valence-electron chi connectivity index (χ3n) is 5.12. The summed E-state index contributed by atoms with van der Waals surface area (Å²) in [7, 11) is 0. The van der Waals surface area contributed by atoms with Crippen molar-refractivity contribution in [1.82, 2.24) is 20.2 Å². The molecule has 0 bridgehead atoms. The minimum atomic E-state index is -1.15. The van der Waals surface area contributed by atoms with Gasteiger partial charge in [0.1, 0.15) is 19.2 Å². The number of aromatic amines is 1. The molecular weight excluding hydrogens is 424 g/mol. The lowest BCUT2D eigenvalue weighted by atomic mass is 10.0. The van der Waals surface area contributed by atoms with Gasteiger partial charge in [-0.05, 0) is 18.1 Å². The summed E-state index contributed by atoms with van der Waals surface area (Å²) < 4.78 is 5.27. The van der Waals surface area contributed by atoms with Crippen molar-refractivity contribution in [2.45, 2.75) is 32.0 Å². The zero-order valence-electron chi connectivity index (χ0n) is 18.2. The molecule has 2 amide bonds. The van der Waals surface area contributed by atoms with Crippen LogP contribution < -0.4 is 5.32 Å². The Morgan fingerprint density at radius 2 is 1.76 bits per heavy atom. The number of hydrogen-bond acceptors (Lipinski definition) is 5. The molecule has 0 aliphatic rings. The van der Waals surface area contributed by atoms with Crippen molar-refractivity contribution in [2.75, 3.05) is 6.54 Å². The molecule has 3 rings (SSSR count). The SMILES string of the molecule is C[C@@H](c1ccccc1)N(CC(=O)O)C(=O)[C@H](Cc1cnc[nH]1)NC(=O)OCc1ccccc1. The van der Waals surface area contributed by atoms with E-state index in [0.717, 1.165) is 11.1 Å². The molecule has 33 heavy (non-hydrogen) atoms. The molecule has 3 N–H and O–H groups in total. The molecule has 2 atom stereocenters. The fourth-order valence-corrected chi connectivity index (χ4v) is 3.39. The van der Waals surface area contributed by atoms with Gasteiger partial charge in [-0.15, -0.1) is 0 Å². The van der Waals surface area contributed by atoms with E-state index in [-0.39, 0.29) is 13.0 Å². The molecule has 2 aromatic carbocycles. The maximum Gasteiger partial charge on any atom is 0.408 e. The highest BCUT2D eigenvalue weighted by molar-refractivity contribution is 5.88. The second-order valence-electron chi connectivity index (χ2n) is 7.49. The van der Waals surface area contributed by atoms with Gasteiger partial charge in [-0.25, -0.2) is 9.78 Å². The monoisotopic (exact) mass is 450 g/mol. The van der Waals surface area contributed by atoms with Gasteiger partial charge < -0.3 is 25.0 Å². The van der Waals surface area contributed by atoms with Gasteiger partial charge in [0.05, 0.1) is 12.4 Å². The molecule has 172 valence electrons. The fourth-order valence-electron chi connectivity index (χ4n) is 3.39. The molecule has 0 aliphatic carbocycles. The van der Waals surface area contributed by atoms with Crippen LogP contribution in [0.15, 0.2) is 73.2 Å². The van der Waals surface area contributed by atoms with Crippen LogP contribution in [0.4, 0.5) is 4.79 Å². The Morgan fingerprint density at radius 1 is 1.09 bits per heavy atom. The fraction of sp³-hybridized carbons (Fsp3) is 0.250. The van der Waals surface area contributed by atoms with E-state index < -0.39 is 36.6 Å². The first kappa shape index (κ1) is 23.5. The standard InChI is InChI=1S/C24H26N4O5/c1-17(19-10-6-3-7-11-19)28(14-22(29)30)23(31)21(12-20-13-25-16-26-20)27-24(32)33-15-18-8-4-2-5-9-18/h2-11,13,16-17,21H,12,14-15H2,1H3,(H,25,26)(H,27,32)(H,29,30)/t17-,21-/m0/s1. The van der Waals surface area contributed by atoms with Crippen LogP contribution in [0.3, 0.4) is 0 Å². The van der Waals surface area contributed by atoms with Gasteiger partial charge in [-0.1, -0.05) is 60.7 Å². The van der Waals surface area contributed by atoms with Crippen molar-refractivity contribution in [3.8, 4) is 0 Å². The van der Waals surface area contributed by atoms with E-state index in [1.165, 1.54) is 11.2 Å². The summed E-state index contributed by atoms with van der Waals surface area (Å²) in [5.74, 6) is -1.70. The quantitative estimate of drug-likeness (QED) is 0.436. The Balaban J connectivity index is 1.78. The van der Waals surface area contributed by atoms with Gasteiger partial charge in [0.2, 0.25) is 5.91 Å². The Bertz CT molecular complexity index is 1040. The lowest BCUT2D eigenvalue weighted by Gasteiger charge is -2.31. The summed E-state index contributed by atoms with van der Waals surface area (Å²) in [5, 5.41) is 12.0. The number of ether oxygens (including phenoxy) is 1. The number of carboxylic acid groups (broad SMARTS) is 1. The maximum atomic E-state index is 13.5. The number of rotatable bonds is 10. The van der Waals surface area contributed by atoms with Gasteiger partial charge in [-0.2, -0.15) is 0 Å². The lowest BCUT2D eigenvalue weighted by Crippen LogP contribution is -2.51. The number of carbonyl (C=O) groups is 3. The van der Waals surface area contributed by atoms with E-state index in [4.69, 9.17) is 4.74 Å². The number of benzene rings is 2. The first-order valence-electron chi connectivity index (χ1n) is 10.5. The van der Waals surface area contributed by atoms with Gasteiger partial charge in [0.25, 0.3) is 0 Å². The average Bonchev–Trinajstić information content (AvgIpc) is 3.34. The van der Waals surface area contributed by atoms with Crippen molar-refractivity contribution < 1.29 is 24.2 Å². The van der Waals surface area contributed by atoms with Crippen molar-refractivity contribution in [1.29, 1.82) is 0 Å². The van der Waals surface area contributed by atoms with E-state index in [0.29, 0.717) is 5.69 Å². The molecule has 0 fully saturated rings. The van der Waals surface area contributed by atoms with Crippen molar-refractivity contribution in [2.24, 2.45) is 0 Å². The molecule has 0 radical (unpaired) electrons. The van der Waals surface area contributed by atoms with Crippen molar-refractivity contribution in [3.05, 3.63) is 90.0 Å². The molecule has 0 aliphatic heterocycles. The number of H-pyrrole nitrogens is 1. The summed E-state index contributed by atoms with van der Waals surface area (Å²) >= 11 is 0. The minimum absolute atomic E-state index is 0.0386. The van der Waals surface area contributed by atoms with E-state index in [1.807, 2.05) is 60.7 Å². The number of aliphatic carboxylic acids is 1. The zero-order valence-corrected chi connectivity index (χ0v) is 18.2. The highest BCUT2D eigenvalue weighted by Crippen LogP contribution is 2.21. The first-order chi connectivity index (χ1) is 15.9. The number of nitrogens with one attached hydrogen (secondary N) is 2. The normalized spacial score (nSPS) is 12.4. The average molecular weight is 450 g/mol. The summed E-state index contributed by atoms with van der Waals surface area (Å²) in [6.45, 7) is 1.27. The molecule has 9 heteroatoms. The summed E-state index contributed by atoms with van der Waals surface area (Å²) in [5.41, 5.74) is 2.19. The van der Waals surface area contributed by atoms with Gasteiger partial charge >= 0.3 is 12.1 Å². The van der Waals surface area contributed by atoms with Gasteiger partial charge in [-0.3, -0.25) is 9.59 Å². The number of carbonyl (C=O) groups excluding carboxylic acids is 2. The molecule has 3 aromatic rings. The zero-order chi connectivity index (χ0) is 23.6. The Kier molecular flexibility index (Phi) is 8.18. The number of hydrogen-bond donors (Lipinski definition) is 3. The van der Waals surface area contributed by atoms with Crippen LogP contribution in [-0.2, 0) is 27.4 Å². The third kappa shape index (κ3) is 6.93. The predicted octanol–water partition coefficient (Wildman–Crippen LogP) is 2.92. The smallest absolute Gasteiger partial charge is 0.408 e. The van der Waals surface area contributed by atoms with Crippen LogP contribution in [0.5, 0.6) is 0 Å².